The van der Waals surface area contributed by atoms with Gasteiger partial charge >= 0.3 is 0 Å². The molecule has 0 fully saturated rings. The molecule has 6 nitrogen and oxygen atoms in total. The zero-order chi connectivity index (χ0) is 16.3. The number of aromatic hydroxyl groups is 3. The van der Waals surface area contributed by atoms with E-state index in [4.69, 9.17) is 0 Å². The van der Waals surface area contributed by atoms with E-state index in [9.17, 15) is 20.1 Å². The number of hydrazone groups is 1. The molecule has 0 aliphatic carbocycles. The maximum atomic E-state index is 11.9. The van der Waals surface area contributed by atoms with Gasteiger partial charge in [0.1, 0.15) is 0 Å². The summed E-state index contributed by atoms with van der Waals surface area (Å²) in [5, 5.41) is 32.0. The number of phenols is 3. The fraction of sp³-hybridized carbons (Fsp3) is 0.0667. The summed E-state index contributed by atoms with van der Waals surface area (Å²) in [4.78, 5) is 11.9. The maximum absolute atomic E-state index is 11.9. The molecule has 0 heterocycles. The Bertz CT molecular complexity index is 719. The highest BCUT2D eigenvalue weighted by molar-refractivity contribution is 9.10. The monoisotopic (exact) mass is 364 g/mol. The first-order chi connectivity index (χ1) is 10.4. The molecular weight excluding hydrogens is 352 g/mol. The van der Waals surface area contributed by atoms with Crippen molar-refractivity contribution in [3.8, 4) is 17.2 Å². The molecule has 4 N–H and O–H groups in total. The van der Waals surface area contributed by atoms with Crippen LogP contribution in [0.4, 0.5) is 0 Å². The van der Waals surface area contributed by atoms with Crippen molar-refractivity contribution in [1.82, 2.24) is 5.43 Å². The Morgan fingerprint density at radius 1 is 1.05 bits per heavy atom. The third-order valence-electron chi connectivity index (χ3n) is 2.92. The molecular formula is C15H13BrN2O4. The summed E-state index contributed by atoms with van der Waals surface area (Å²) in [6, 6.07) is 9.46. The molecule has 2 aromatic carbocycles. The number of hydrogen-bond donors (Lipinski definition) is 4. The van der Waals surface area contributed by atoms with Gasteiger partial charge in [0.25, 0.3) is 5.91 Å². The number of hydrogen-bond acceptors (Lipinski definition) is 5. The van der Waals surface area contributed by atoms with E-state index < -0.39 is 23.2 Å². The Morgan fingerprint density at radius 3 is 2.14 bits per heavy atom. The average Bonchev–Trinajstić information content (AvgIpc) is 2.50. The summed E-state index contributed by atoms with van der Waals surface area (Å²) in [5.74, 6) is -2.47. The first-order valence-electron chi connectivity index (χ1n) is 6.24. The molecule has 0 radical (unpaired) electrons. The van der Waals surface area contributed by atoms with Crippen LogP contribution in [0.25, 0.3) is 0 Å². The van der Waals surface area contributed by atoms with Crippen LogP contribution in [-0.4, -0.2) is 26.9 Å². The number of rotatable bonds is 3. The number of halogens is 1. The van der Waals surface area contributed by atoms with Crippen molar-refractivity contribution in [3.05, 3.63) is 52.0 Å². The second kappa shape index (κ2) is 6.48. The molecule has 2 aromatic rings. The van der Waals surface area contributed by atoms with Gasteiger partial charge in [-0.15, -0.1) is 0 Å². The van der Waals surface area contributed by atoms with Crippen molar-refractivity contribution in [2.24, 2.45) is 5.10 Å². The quantitative estimate of drug-likeness (QED) is 0.382. The minimum Gasteiger partial charge on any atom is -0.504 e. The first-order valence-corrected chi connectivity index (χ1v) is 7.03. The largest absolute Gasteiger partial charge is 0.504 e. The Morgan fingerprint density at radius 2 is 1.59 bits per heavy atom. The minimum atomic E-state index is -0.675. The standard InChI is InChI=1S/C15H13BrN2O4/c1-8(9-2-4-11(16)5-3-9)17-18-15(22)10-6-12(19)14(21)13(20)7-10/h2-7,19-21H,1H3,(H,18,22). The van der Waals surface area contributed by atoms with E-state index >= 15 is 0 Å². The number of carbonyl (C=O) groups is 1. The van der Waals surface area contributed by atoms with Crippen LogP contribution in [0.2, 0.25) is 0 Å². The summed E-state index contributed by atoms with van der Waals surface area (Å²) in [6.07, 6.45) is 0. The summed E-state index contributed by atoms with van der Waals surface area (Å²) in [5.41, 5.74) is 3.72. The Labute approximate surface area is 134 Å². The smallest absolute Gasteiger partial charge is 0.271 e. The lowest BCUT2D eigenvalue weighted by molar-refractivity contribution is 0.0954. The predicted molar refractivity (Wildman–Crippen MR) is 85.3 cm³/mol. The van der Waals surface area contributed by atoms with Gasteiger partial charge in [-0.25, -0.2) is 5.43 Å². The lowest BCUT2D eigenvalue weighted by atomic mass is 10.1. The number of nitrogens with zero attached hydrogens (tertiary/aromatic N) is 1. The SMILES string of the molecule is CC(=NNC(=O)c1cc(O)c(O)c(O)c1)c1ccc(Br)cc1. The molecule has 0 spiro atoms. The van der Waals surface area contributed by atoms with Crippen LogP contribution in [0.3, 0.4) is 0 Å². The molecule has 0 aliphatic rings. The van der Waals surface area contributed by atoms with Crippen molar-refractivity contribution in [3.63, 3.8) is 0 Å². The Balaban J connectivity index is 2.15. The molecule has 7 heteroatoms. The van der Waals surface area contributed by atoms with E-state index in [1.807, 2.05) is 24.3 Å². The van der Waals surface area contributed by atoms with E-state index in [-0.39, 0.29) is 5.56 Å². The van der Waals surface area contributed by atoms with Gasteiger partial charge < -0.3 is 15.3 Å². The van der Waals surface area contributed by atoms with Gasteiger partial charge in [0.2, 0.25) is 0 Å². The lowest BCUT2D eigenvalue weighted by Gasteiger charge is -2.06. The molecule has 0 bridgehead atoms. The minimum absolute atomic E-state index is 0.0276. The summed E-state index contributed by atoms with van der Waals surface area (Å²) >= 11 is 3.33. The van der Waals surface area contributed by atoms with Crippen molar-refractivity contribution >= 4 is 27.5 Å². The fourth-order valence-corrected chi connectivity index (χ4v) is 1.95. The average molecular weight is 365 g/mol. The van der Waals surface area contributed by atoms with Crippen molar-refractivity contribution in [2.75, 3.05) is 0 Å². The Kier molecular flexibility index (Phi) is 4.67. The van der Waals surface area contributed by atoms with Crippen LogP contribution >= 0.6 is 15.9 Å². The van der Waals surface area contributed by atoms with E-state index in [2.05, 4.69) is 26.5 Å². The summed E-state index contributed by atoms with van der Waals surface area (Å²) in [7, 11) is 0. The molecule has 0 atom stereocenters. The van der Waals surface area contributed by atoms with Crippen molar-refractivity contribution < 1.29 is 20.1 Å². The lowest BCUT2D eigenvalue weighted by Crippen LogP contribution is -2.19. The highest BCUT2D eigenvalue weighted by Crippen LogP contribution is 2.35. The topological polar surface area (TPSA) is 102 Å². The first kappa shape index (κ1) is 15.8. The van der Waals surface area contributed by atoms with Crippen LogP contribution in [-0.2, 0) is 0 Å². The van der Waals surface area contributed by atoms with Crippen LogP contribution in [0.5, 0.6) is 17.2 Å². The molecule has 0 saturated heterocycles. The third-order valence-corrected chi connectivity index (χ3v) is 3.45. The van der Waals surface area contributed by atoms with Gasteiger partial charge in [0.15, 0.2) is 17.2 Å². The van der Waals surface area contributed by atoms with E-state index in [1.54, 1.807) is 6.92 Å². The van der Waals surface area contributed by atoms with Gasteiger partial charge in [0.05, 0.1) is 5.71 Å². The number of amides is 1. The van der Waals surface area contributed by atoms with E-state index in [1.165, 1.54) is 0 Å². The van der Waals surface area contributed by atoms with Crippen molar-refractivity contribution in [1.29, 1.82) is 0 Å². The van der Waals surface area contributed by atoms with Crippen LogP contribution in [0, 0.1) is 0 Å². The van der Waals surface area contributed by atoms with Crippen LogP contribution in [0.15, 0.2) is 46.0 Å². The maximum Gasteiger partial charge on any atom is 0.271 e. The van der Waals surface area contributed by atoms with Gasteiger partial charge in [-0.1, -0.05) is 28.1 Å². The second-order valence-electron chi connectivity index (χ2n) is 4.51. The highest BCUT2D eigenvalue weighted by Gasteiger charge is 2.13. The highest BCUT2D eigenvalue weighted by atomic mass is 79.9. The van der Waals surface area contributed by atoms with Crippen LogP contribution in [0.1, 0.15) is 22.8 Å². The zero-order valence-electron chi connectivity index (χ0n) is 11.5. The molecule has 1 amide bonds. The third kappa shape index (κ3) is 3.56. The summed E-state index contributed by atoms with van der Waals surface area (Å²) in [6.45, 7) is 1.73. The Hall–Kier alpha value is -2.54. The van der Waals surface area contributed by atoms with Crippen LogP contribution < -0.4 is 5.43 Å². The molecule has 22 heavy (non-hydrogen) atoms. The molecule has 0 aromatic heterocycles. The molecule has 0 saturated carbocycles. The van der Waals surface area contributed by atoms with Gasteiger partial charge in [-0.05, 0) is 36.8 Å². The van der Waals surface area contributed by atoms with Crippen molar-refractivity contribution in [2.45, 2.75) is 6.92 Å². The summed E-state index contributed by atoms with van der Waals surface area (Å²) < 4.78 is 0.933. The number of phenolic OH excluding ortho intramolecular Hbond substituents is 3. The fourth-order valence-electron chi connectivity index (χ4n) is 1.69. The van der Waals surface area contributed by atoms with Gasteiger partial charge in [0, 0.05) is 10.0 Å². The number of benzene rings is 2. The number of carbonyl (C=O) groups excluding carboxylic acids is 1. The number of nitrogens with one attached hydrogen (secondary N) is 1. The molecule has 0 aliphatic heterocycles. The molecule has 0 unspecified atom stereocenters. The van der Waals surface area contributed by atoms with E-state index in [0.717, 1.165) is 22.2 Å². The van der Waals surface area contributed by atoms with Gasteiger partial charge in [-0.3, -0.25) is 4.79 Å². The van der Waals surface area contributed by atoms with E-state index in [0.29, 0.717) is 5.71 Å². The zero-order valence-corrected chi connectivity index (χ0v) is 13.1. The molecule has 2 rings (SSSR count). The second-order valence-corrected chi connectivity index (χ2v) is 5.42. The molecule has 114 valence electrons. The normalized spacial score (nSPS) is 11.3. The predicted octanol–water partition coefficient (Wildman–Crippen LogP) is 2.72. The van der Waals surface area contributed by atoms with Gasteiger partial charge in [-0.2, -0.15) is 5.10 Å².